The van der Waals surface area contributed by atoms with Crippen LogP contribution in [-0.2, 0) is 55.9 Å². The van der Waals surface area contributed by atoms with Gasteiger partial charge in [0, 0.05) is 36.3 Å². The summed E-state index contributed by atoms with van der Waals surface area (Å²) < 4.78 is 32.9. The van der Waals surface area contributed by atoms with Crippen LogP contribution in [0.3, 0.4) is 0 Å². The molecular formula is C57H94O12. The average molecular weight is 971 g/mol. The molecule has 0 saturated carbocycles. The van der Waals surface area contributed by atoms with E-state index in [9.17, 15) is 29.1 Å². The Bertz CT molecular complexity index is 1600. The zero-order valence-electron chi connectivity index (χ0n) is 44.1. The van der Waals surface area contributed by atoms with Crippen LogP contribution < -0.4 is 4.74 Å². The first-order valence-electron chi connectivity index (χ1n) is 27.3. The van der Waals surface area contributed by atoms with Crippen LogP contribution in [0.15, 0.2) is 11.6 Å². The maximum atomic E-state index is 13.1. The number of aromatic hydroxyl groups is 1. The van der Waals surface area contributed by atoms with Gasteiger partial charge in [-0.1, -0.05) is 187 Å². The lowest BCUT2D eigenvalue weighted by Crippen LogP contribution is -2.31. The smallest absolute Gasteiger partial charge is 0.342 e. The van der Waals surface area contributed by atoms with Gasteiger partial charge in [-0.3, -0.25) is 19.2 Å². The van der Waals surface area contributed by atoms with Gasteiger partial charge >= 0.3 is 29.8 Å². The number of methoxy groups -OCH3 is 1. The summed E-state index contributed by atoms with van der Waals surface area (Å²) in [6, 6.07) is 0. The Balaban J connectivity index is 1.77. The van der Waals surface area contributed by atoms with E-state index in [0.717, 1.165) is 49.7 Å². The molecule has 12 nitrogen and oxygen atoms in total. The Labute approximate surface area is 417 Å². The van der Waals surface area contributed by atoms with Crippen LogP contribution in [0.4, 0.5) is 0 Å². The van der Waals surface area contributed by atoms with Crippen LogP contribution in [0, 0.1) is 12.8 Å². The summed E-state index contributed by atoms with van der Waals surface area (Å²) in [7, 11) is 1.51. The fourth-order valence-corrected chi connectivity index (χ4v) is 8.80. The number of rotatable bonds is 43. The van der Waals surface area contributed by atoms with E-state index in [-0.39, 0.29) is 87.7 Å². The molecule has 1 aliphatic rings. The number of ether oxygens (including phenoxy) is 6. The SMILES string of the molecule is CCCCCCCCCCCCCCCC(=O)OCC(COC(=O)CCCCCCCCCCCCCCC)OC(=O)CC(C)COC(=O)CC/C(C)=C/Cc1c(O)c2c(c(C)c1OC)COC2=O. The van der Waals surface area contributed by atoms with Gasteiger partial charge in [-0.15, -0.1) is 0 Å². The summed E-state index contributed by atoms with van der Waals surface area (Å²) >= 11 is 0. The van der Waals surface area contributed by atoms with Crippen molar-refractivity contribution in [3.05, 3.63) is 33.9 Å². The predicted molar refractivity (Wildman–Crippen MR) is 272 cm³/mol. The fourth-order valence-electron chi connectivity index (χ4n) is 8.80. The first-order valence-corrected chi connectivity index (χ1v) is 27.3. The van der Waals surface area contributed by atoms with Gasteiger partial charge in [0.25, 0.3) is 0 Å². The van der Waals surface area contributed by atoms with E-state index in [0.29, 0.717) is 23.3 Å². The maximum absolute atomic E-state index is 13.1. The normalized spacial score (nSPS) is 12.7. The van der Waals surface area contributed by atoms with Crippen LogP contribution in [0.2, 0.25) is 0 Å². The minimum absolute atomic E-state index is 0.000836. The van der Waals surface area contributed by atoms with Crippen molar-refractivity contribution in [2.75, 3.05) is 26.9 Å². The summed E-state index contributed by atoms with van der Waals surface area (Å²) in [5, 5.41) is 10.9. The lowest BCUT2D eigenvalue weighted by Gasteiger charge is -2.19. The van der Waals surface area contributed by atoms with Crippen molar-refractivity contribution in [3.63, 3.8) is 0 Å². The molecule has 0 radical (unpaired) electrons. The molecule has 0 fully saturated rings. The molecule has 1 N–H and O–H groups in total. The molecule has 1 unspecified atom stereocenters. The van der Waals surface area contributed by atoms with Gasteiger partial charge in [0.05, 0.1) is 20.1 Å². The number of allylic oxidation sites excluding steroid dienone is 2. The molecule has 1 atom stereocenters. The maximum Gasteiger partial charge on any atom is 0.342 e. The van der Waals surface area contributed by atoms with Crippen molar-refractivity contribution >= 4 is 29.8 Å². The molecule has 12 heteroatoms. The number of hydrogen-bond donors (Lipinski definition) is 1. The van der Waals surface area contributed by atoms with Gasteiger partial charge < -0.3 is 33.5 Å². The van der Waals surface area contributed by atoms with Crippen LogP contribution in [0.25, 0.3) is 0 Å². The average Bonchev–Trinajstić information content (AvgIpc) is 3.73. The van der Waals surface area contributed by atoms with Crippen molar-refractivity contribution in [2.45, 2.75) is 253 Å². The Morgan fingerprint density at radius 3 is 1.48 bits per heavy atom. The zero-order chi connectivity index (χ0) is 50.5. The molecule has 0 bridgehead atoms. The molecule has 394 valence electrons. The monoisotopic (exact) mass is 971 g/mol. The Morgan fingerprint density at radius 2 is 1.03 bits per heavy atom. The van der Waals surface area contributed by atoms with Gasteiger partial charge in [0.2, 0.25) is 0 Å². The molecular weight excluding hydrogens is 877 g/mol. The van der Waals surface area contributed by atoms with Gasteiger partial charge in [0.1, 0.15) is 36.9 Å². The highest BCUT2D eigenvalue weighted by atomic mass is 16.6. The van der Waals surface area contributed by atoms with E-state index >= 15 is 0 Å². The van der Waals surface area contributed by atoms with Crippen molar-refractivity contribution < 1.29 is 57.5 Å². The minimum Gasteiger partial charge on any atom is -0.507 e. The highest BCUT2D eigenvalue weighted by Gasteiger charge is 2.32. The molecule has 0 aliphatic carbocycles. The van der Waals surface area contributed by atoms with E-state index in [1.165, 1.54) is 136 Å². The first-order chi connectivity index (χ1) is 33.4. The third kappa shape index (κ3) is 27.8. The first kappa shape index (κ1) is 61.0. The molecule has 1 heterocycles. The standard InChI is InChI=1S/C57H94O12/c1-7-9-11-13-15-17-19-21-23-25-27-29-31-33-50(58)66-41-47(42-67-51(59)34-32-30-28-26-24-22-20-18-16-14-12-10-8-2)69-53(61)39-45(4)40-65-52(60)38-36-44(3)35-37-48-55(62)54-49(43-68-57(54)63)46(5)56(48)64-6/h35,45,47,62H,7-34,36-43H2,1-6H3/b44-35+. The number of hydrogen-bond acceptors (Lipinski definition) is 12. The number of phenols is 1. The third-order valence-electron chi connectivity index (χ3n) is 13.2. The third-order valence-corrected chi connectivity index (χ3v) is 13.2. The van der Waals surface area contributed by atoms with Crippen molar-refractivity contribution in [1.82, 2.24) is 0 Å². The molecule has 69 heavy (non-hydrogen) atoms. The molecule has 1 aromatic carbocycles. The van der Waals surface area contributed by atoms with Crippen molar-refractivity contribution in [3.8, 4) is 11.5 Å². The van der Waals surface area contributed by atoms with Crippen molar-refractivity contribution in [1.29, 1.82) is 0 Å². The van der Waals surface area contributed by atoms with Gasteiger partial charge in [-0.25, -0.2) is 4.79 Å². The molecule has 0 spiro atoms. The van der Waals surface area contributed by atoms with Crippen molar-refractivity contribution in [2.24, 2.45) is 5.92 Å². The largest absolute Gasteiger partial charge is 0.507 e. The van der Waals surface area contributed by atoms with Crippen LogP contribution in [-0.4, -0.2) is 68.0 Å². The second-order valence-electron chi connectivity index (χ2n) is 19.6. The Morgan fingerprint density at radius 1 is 0.609 bits per heavy atom. The van der Waals surface area contributed by atoms with Crippen LogP contribution in [0.1, 0.15) is 254 Å². The Kier molecular flexibility index (Phi) is 34.2. The highest BCUT2D eigenvalue weighted by molar-refractivity contribution is 5.98. The van der Waals surface area contributed by atoms with E-state index in [1.54, 1.807) is 6.92 Å². The fraction of sp³-hybridized carbons (Fsp3) is 0.772. The molecule has 0 saturated heterocycles. The highest BCUT2D eigenvalue weighted by Crippen LogP contribution is 2.42. The van der Waals surface area contributed by atoms with Gasteiger partial charge in [-0.05, 0) is 45.1 Å². The van der Waals surface area contributed by atoms with Crippen LogP contribution >= 0.6 is 0 Å². The van der Waals surface area contributed by atoms with E-state index in [4.69, 9.17) is 28.4 Å². The lowest BCUT2D eigenvalue weighted by atomic mass is 9.94. The summed E-state index contributed by atoms with van der Waals surface area (Å²) in [4.78, 5) is 63.4. The van der Waals surface area contributed by atoms with E-state index in [1.807, 2.05) is 19.9 Å². The summed E-state index contributed by atoms with van der Waals surface area (Å²) in [5.74, 6) is -2.32. The number of benzene rings is 1. The number of fused-ring (bicyclic) bond motifs is 1. The second-order valence-corrected chi connectivity index (χ2v) is 19.6. The summed E-state index contributed by atoms with van der Waals surface area (Å²) in [6.07, 6.45) is 33.7. The molecule has 1 aliphatic heterocycles. The summed E-state index contributed by atoms with van der Waals surface area (Å²) in [6.45, 7) is 9.63. The predicted octanol–water partition coefficient (Wildman–Crippen LogP) is 14.2. The van der Waals surface area contributed by atoms with Crippen LogP contribution in [0.5, 0.6) is 11.5 Å². The number of carbonyl (C=O) groups is 5. The quantitative estimate of drug-likeness (QED) is 0.0286. The lowest BCUT2D eigenvalue weighted by molar-refractivity contribution is -0.167. The Hall–Kier alpha value is -4.09. The summed E-state index contributed by atoms with van der Waals surface area (Å²) in [5.41, 5.74) is 2.89. The number of unbranched alkanes of at least 4 members (excludes halogenated alkanes) is 24. The zero-order valence-corrected chi connectivity index (χ0v) is 44.1. The minimum atomic E-state index is -0.954. The number of cyclic esters (lactones) is 1. The molecule has 0 amide bonds. The number of esters is 5. The topological polar surface area (TPSA) is 161 Å². The van der Waals surface area contributed by atoms with E-state index in [2.05, 4.69) is 13.8 Å². The number of carbonyl (C=O) groups excluding carboxylic acids is 5. The van der Waals surface area contributed by atoms with E-state index < -0.39 is 24.0 Å². The number of phenolic OH excluding ortho intramolecular Hbond substituents is 1. The van der Waals surface area contributed by atoms with Gasteiger partial charge in [-0.2, -0.15) is 0 Å². The molecule has 2 rings (SSSR count). The molecule has 1 aromatic rings. The van der Waals surface area contributed by atoms with Gasteiger partial charge in [0.15, 0.2) is 6.10 Å². The molecule has 0 aromatic heterocycles. The second kappa shape index (κ2) is 38.6.